The van der Waals surface area contributed by atoms with Gasteiger partial charge in [0.1, 0.15) is 0 Å². The van der Waals surface area contributed by atoms with Crippen molar-refractivity contribution >= 4 is 22.8 Å². The monoisotopic (exact) mass is 312 g/mol. The molecule has 2 N–H and O–H groups in total. The Morgan fingerprint density at radius 1 is 1.30 bits per heavy atom. The molecule has 0 unspecified atom stereocenters. The first kappa shape index (κ1) is 15.5. The van der Waals surface area contributed by atoms with Crippen LogP contribution in [-0.2, 0) is 4.79 Å². The van der Waals surface area contributed by atoms with Gasteiger partial charge in [0.2, 0.25) is 0 Å². The van der Waals surface area contributed by atoms with Crippen LogP contribution in [0.5, 0.6) is 0 Å². The number of aryl methyl sites for hydroxylation is 1. The molecular formula is C18H20N2O3. The quantitative estimate of drug-likeness (QED) is 0.804. The molecule has 0 atom stereocenters. The summed E-state index contributed by atoms with van der Waals surface area (Å²) in [6, 6.07) is 7.83. The number of carbonyl (C=O) groups is 2. The molecule has 1 aromatic heterocycles. The van der Waals surface area contributed by atoms with E-state index in [1.54, 1.807) is 0 Å². The van der Waals surface area contributed by atoms with Gasteiger partial charge in [0.05, 0.1) is 11.1 Å². The number of nitrogens with one attached hydrogen (secondary N) is 1. The molecule has 1 aliphatic carbocycles. The second-order valence-corrected chi connectivity index (χ2v) is 6.14. The number of hydrogen-bond acceptors (Lipinski definition) is 3. The van der Waals surface area contributed by atoms with Crippen molar-refractivity contribution in [2.24, 2.45) is 0 Å². The molecule has 0 bridgehead atoms. The van der Waals surface area contributed by atoms with E-state index in [0.717, 1.165) is 35.0 Å². The van der Waals surface area contributed by atoms with E-state index >= 15 is 0 Å². The van der Waals surface area contributed by atoms with Gasteiger partial charge in [0.15, 0.2) is 0 Å². The normalized spacial score (nSPS) is 14.0. The molecule has 1 heterocycles. The molecule has 3 rings (SSSR count). The average Bonchev–Trinajstić information content (AvgIpc) is 3.35. The summed E-state index contributed by atoms with van der Waals surface area (Å²) in [4.78, 5) is 27.7. The lowest BCUT2D eigenvalue weighted by molar-refractivity contribution is -0.137. The Morgan fingerprint density at radius 3 is 2.78 bits per heavy atom. The Hall–Kier alpha value is -2.43. The molecule has 5 heteroatoms. The van der Waals surface area contributed by atoms with Crippen LogP contribution in [0.1, 0.15) is 53.2 Å². The largest absolute Gasteiger partial charge is 0.481 e. The zero-order chi connectivity index (χ0) is 16.4. The van der Waals surface area contributed by atoms with Crippen molar-refractivity contribution in [3.63, 3.8) is 0 Å². The van der Waals surface area contributed by atoms with Crippen molar-refractivity contribution in [1.29, 1.82) is 0 Å². The van der Waals surface area contributed by atoms with Crippen LogP contribution in [0, 0.1) is 6.92 Å². The van der Waals surface area contributed by atoms with Crippen LogP contribution in [0.2, 0.25) is 0 Å². The number of carboxylic acid groups (broad SMARTS) is 1. The lowest BCUT2D eigenvalue weighted by Gasteiger charge is -2.10. The van der Waals surface area contributed by atoms with Crippen molar-refractivity contribution in [1.82, 2.24) is 10.3 Å². The molecule has 0 aliphatic heterocycles. The Morgan fingerprint density at radius 2 is 2.09 bits per heavy atom. The van der Waals surface area contributed by atoms with Crippen molar-refractivity contribution in [2.75, 3.05) is 6.54 Å². The number of carboxylic acids is 1. The highest BCUT2D eigenvalue weighted by Gasteiger charge is 2.26. The average molecular weight is 312 g/mol. The number of benzene rings is 1. The van der Waals surface area contributed by atoms with Gasteiger partial charge in [-0.2, -0.15) is 0 Å². The van der Waals surface area contributed by atoms with Crippen molar-refractivity contribution < 1.29 is 14.7 Å². The summed E-state index contributed by atoms with van der Waals surface area (Å²) in [7, 11) is 0. The predicted octanol–water partition coefficient (Wildman–Crippen LogP) is 3.02. The SMILES string of the molecule is Cc1ccc2nc(C3CC3)cc(C(=O)NCCCC(=O)O)c2c1. The number of carbonyl (C=O) groups excluding carboxylic acids is 1. The minimum Gasteiger partial charge on any atom is -0.481 e. The van der Waals surface area contributed by atoms with Gasteiger partial charge in [-0.1, -0.05) is 11.6 Å². The fourth-order valence-corrected chi connectivity index (χ4v) is 2.67. The third kappa shape index (κ3) is 3.67. The van der Waals surface area contributed by atoms with Crippen molar-refractivity contribution in [2.45, 2.75) is 38.5 Å². The third-order valence-corrected chi connectivity index (χ3v) is 4.08. The van der Waals surface area contributed by atoms with Gasteiger partial charge in [-0.05, 0) is 44.4 Å². The summed E-state index contributed by atoms with van der Waals surface area (Å²) < 4.78 is 0. The van der Waals surface area contributed by atoms with Gasteiger partial charge >= 0.3 is 5.97 Å². The van der Waals surface area contributed by atoms with Gasteiger partial charge < -0.3 is 10.4 Å². The number of pyridine rings is 1. The molecule has 1 amide bonds. The first-order valence-corrected chi connectivity index (χ1v) is 7.96. The predicted molar refractivity (Wildman–Crippen MR) is 87.7 cm³/mol. The fourth-order valence-electron chi connectivity index (χ4n) is 2.67. The van der Waals surface area contributed by atoms with Gasteiger partial charge in [0, 0.05) is 30.0 Å². The lowest BCUT2D eigenvalue weighted by Crippen LogP contribution is -2.25. The first-order valence-electron chi connectivity index (χ1n) is 7.96. The number of rotatable bonds is 6. The van der Waals surface area contributed by atoms with E-state index in [9.17, 15) is 9.59 Å². The van der Waals surface area contributed by atoms with Crippen LogP contribution in [0.3, 0.4) is 0 Å². The van der Waals surface area contributed by atoms with E-state index in [1.807, 2.05) is 31.2 Å². The van der Waals surface area contributed by atoms with Crippen LogP contribution in [0.25, 0.3) is 10.9 Å². The van der Waals surface area contributed by atoms with Crippen LogP contribution < -0.4 is 5.32 Å². The number of aromatic nitrogens is 1. The molecule has 1 aromatic carbocycles. The summed E-state index contributed by atoms with van der Waals surface area (Å²) in [5.41, 5.74) is 3.54. The molecule has 1 fully saturated rings. The molecule has 0 spiro atoms. The Labute approximate surface area is 134 Å². The zero-order valence-electron chi connectivity index (χ0n) is 13.1. The molecule has 5 nitrogen and oxygen atoms in total. The maximum atomic E-state index is 12.5. The van der Waals surface area contributed by atoms with Crippen LogP contribution in [-0.4, -0.2) is 28.5 Å². The Bertz CT molecular complexity index is 766. The smallest absolute Gasteiger partial charge is 0.303 e. The van der Waals surface area contributed by atoms with E-state index in [1.165, 1.54) is 0 Å². The highest BCUT2D eigenvalue weighted by molar-refractivity contribution is 6.06. The van der Waals surface area contributed by atoms with Crippen LogP contribution in [0.15, 0.2) is 24.3 Å². The van der Waals surface area contributed by atoms with E-state index in [4.69, 9.17) is 5.11 Å². The Kier molecular flexibility index (Phi) is 4.28. The topological polar surface area (TPSA) is 79.3 Å². The minimum absolute atomic E-state index is 0.0593. The summed E-state index contributed by atoms with van der Waals surface area (Å²) in [6.45, 7) is 2.35. The number of amides is 1. The molecule has 0 saturated heterocycles. The molecule has 23 heavy (non-hydrogen) atoms. The van der Waals surface area contributed by atoms with E-state index in [2.05, 4.69) is 10.3 Å². The molecule has 1 aliphatic rings. The second-order valence-electron chi connectivity index (χ2n) is 6.14. The van der Waals surface area contributed by atoms with Crippen LogP contribution >= 0.6 is 0 Å². The minimum atomic E-state index is -0.847. The second kappa shape index (κ2) is 6.36. The molecule has 1 saturated carbocycles. The van der Waals surface area contributed by atoms with Gasteiger partial charge in [-0.15, -0.1) is 0 Å². The van der Waals surface area contributed by atoms with Gasteiger partial charge in [-0.3, -0.25) is 14.6 Å². The maximum absolute atomic E-state index is 12.5. The zero-order valence-corrected chi connectivity index (χ0v) is 13.1. The van der Waals surface area contributed by atoms with Gasteiger partial charge in [-0.25, -0.2) is 0 Å². The van der Waals surface area contributed by atoms with Crippen molar-refractivity contribution in [3.8, 4) is 0 Å². The third-order valence-electron chi connectivity index (χ3n) is 4.08. The standard InChI is InChI=1S/C18H20N2O3/c1-11-4-7-15-13(9-11)14(10-16(20-15)12-5-6-12)18(23)19-8-2-3-17(21)22/h4,7,9-10,12H,2-3,5-6,8H2,1H3,(H,19,23)(H,21,22). The summed E-state index contributed by atoms with van der Waals surface area (Å²) in [6.07, 6.45) is 2.75. The number of aliphatic carboxylic acids is 1. The molecule has 0 radical (unpaired) electrons. The molecular weight excluding hydrogens is 292 g/mol. The Balaban J connectivity index is 1.86. The maximum Gasteiger partial charge on any atom is 0.303 e. The lowest BCUT2D eigenvalue weighted by atomic mass is 10.0. The summed E-state index contributed by atoms with van der Waals surface area (Å²) in [5.74, 6) is -0.533. The van der Waals surface area contributed by atoms with Crippen LogP contribution in [0.4, 0.5) is 0 Å². The van der Waals surface area contributed by atoms with E-state index in [0.29, 0.717) is 24.4 Å². The summed E-state index contributed by atoms with van der Waals surface area (Å²) >= 11 is 0. The highest BCUT2D eigenvalue weighted by Crippen LogP contribution is 2.40. The summed E-state index contributed by atoms with van der Waals surface area (Å²) in [5, 5.41) is 12.3. The highest BCUT2D eigenvalue weighted by atomic mass is 16.4. The van der Waals surface area contributed by atoms with Gasteiger partial charge in [0.25, 0.3) is 5.91 Å². The molecule has 120 valence electrons. The molecule has 2 aromatic rings. The van der Waals surface area contributed by atoms with E-state index in [-0.39, 0.29) is 12.3 Å². The van der Waals surface area contributed by atoms with E-state index < -0.39 is 5.97 Å². The first-order chi connectivity index (χ1) is 11.0. The number of hydrogen-bond donors (Lipinski definition) is 2. The van der Waals surface area contributed by atoms with Crippen molar-refractivity contribution in [3.05, 3.63) is 41.1 Å². The fraction of sp³-hybridized carbons (Fsp3) is 0.389. The number of nitrogens with zero attached hydrogens (tertiary/aromatic N) is 1. The number of fused-ring (bicyclic) bond motifs is 1.